The van der Waals surface area contributed by atoms with Crippen molar-refractivity contribution >= 4 is 54.8 Å². The minimum atomic E-state index is -3.88. The number of rotatable bonds is 7. The topological polar surface area (TPSA) is 46.2 Å². The fourth-order valence-corrected chi connectivity index (χ4v) is 6.94. The van der Waals surface area contributed by atoms with Gasteiger partial charge in [-0.2, -0.15) is 4.72 Å². The summed E-state index contributed by atoms with van der Waals surface area (Å²) in [4.78, 5) is 0.225. The molecule has 0 saturated carbocycles. The zero-order chi connectivity index (χ0) is 29.3. The number of sulfonamides is 1. The summed E-state index contributed by atoms with van der Waals surface area (Å²) in [5, 5.41) is 0.637. The van der Waals surface area contributed by atoms with Crippen LogP contribution in [0.15, 0.2) is 142 Å². The third kappa shape index (κ3) is 5.79. The van der Waals surface area contributed by atoms with Gasteiger partial charge in [0.2, 0.25) is 10.0 Å². The second-order valence-corrected chi connectivity index (χ2v) is 13.3. The molecule has 208 valence electrons. The smallest absolute Gasteiger partial charge is 0.207 e. The number of aryl methyl sites for hydroxylation is 1. The molecule has 0 amide bonds. The van der Waals surface area contributed by atoms with Gasteiger partial charge in [-0.3, -0.25) is 0 Å². The van der Waals surface area contributed by atoms with Crippen molar-refractivity contribution in [2.75, 3.05) is 0 Å². The first-order valence-electron chi connectivity index (χ1n) is 13.5. The molecule has 3 nitrogen and oxygen atoms in total. The number of hydrogen-bond donors (Lipinski definition) is 1. The molecular weight excluding hydrogens is 626 g/mol. The van der Waals surface area contributed by atoms with E-state index in [9.17, 15) is 8.42 Å². The van der Waals surface area contributed by atoms with Crippen molar-refractivity contribution < 1.29 is 8.42 Å². The van der Waals surface area contributed by atoms with Gasteiger partial charge >= 0.3 is 0 Å². The van der Waals surface area contributed by atoms with Crippen LogP contribution in [0.25, 0.3) is 17.2 Å². The predicted molar refractivity (Wildman–Crippen MR) is 177 cm³/mol. The van der Waals surface area contributed by atoms with Gasteiger partial charge in [0, 0.05) is 9.50 Å². The number of hydrogen-bond acceptors (Lipinski definition) is 2. The average molecular weight is 653 g/mol. The quantitative estimate of drug-likeness (QED) is 0.178. The molecule has 0 heterocycles. The Morgan fingerprint density at radius 2 is 1.43 bits per heavy atom. The molecule has 0 radical (unpaired) electrons. The molecule has 0 saturated heterocycles. The lowest BCUT2D eigenvalue weighted by Crippen LogP contribution is -2.29. The Morgan fingerprint density at radius 1 is 0.786 bits per heavy atom. The van der Waals surface area contributed by atoms with E-state index < -0.39 is 16.1 Å². The molecule has 1 N–H and O–H groups in total. The van der Waals surface area contributed by atoms with Crippen LogP contribution in [0.5, 0.6) is 0 Å². The highest BCUT2D eigenvalue weighted by Crippen LogP contribution is 2.50. The molecule has 5 aromatic carbocycles. The molecule has 5 aromatic rings. The molecule has 0 aliphatic heterocycles. The molecular formula is C36H27BrClNO2S. The summed E-state index contributed by atoms with van der Waals surface area (Å²) < 4.78 is 31.9. The Hall–Kier alpha value is -3.74. The second kappa shape index (κ2) is 11.9. The van der Waals surface area contributed by atoms with Crippen LogP contribution < -0.4 is 4.72 Å². The fourth-order valence-electron chi connectivity index (χ4n) is 5.36. The molecule has 0 bridgehead atoms. The molecule has 1 atom stereocenters. The lowest BCUT2D eigenvalue weighted by Gasteiger charge is -2.22. The van der Waals surface area contributed by atoms with Crippen LogP contribution in [-0.2, 0) is 10.0 Å². The summed E-state index contributed by atoms with van der Waals surface area (Å²) in [7, 11) is -3.88. The van der Waals surface area contributed by atoms with Crippen LogP contribution >= 0.6 is 27.5 Å². The first-order valence-corrected chi connectivity index (χ1v) is 16.2. The van der Waals surface area contributed by atoms with E-state index in [2.05, 4.69) is 44.9 Å². The van der Waals surface area contributed by atoms with Crippen molar-refractivity contribution in [2.24, 2.45) is 0 Å². The van der Waals surface area contributed by atoms with Crippen molar-refractivity contribution in [3.63, 3.8) is 0 Å². The van der Waals surface area contributed by atoms with Crippen molar-refractivity contribution in [1.29, 1.82) is 0 Å². The highest BCUT2D eigenvalue weighted by atomic mass is 79.9. The van der Waals surface area contributed by atoms with Gasteiger partial charge in [0.05, 0.1) is 10.9 Å². The first-order chi connectivity index (χ1) is 20.3. The largest absolute Gasteiger partial charge is 0.241 e. The monoisotopic (exact) mass is 651 g/mol. The van der Waals surface area contributed by atoms with Gasteiger partial charge in [-0.25, -0.2) is 8.42 Å². The van der Waals surface area contributed by atoms with Crippen LogP contribution in [0.1, 0.15) is 39.4 Å². The van der Waals surface area contributed by atoms with E-state index >= 15 is 0 Å². The van der Waals surface area contributed by atoms with Gasteiger partial charge in [-0.1, -0.05) is 124 Å². The van der Waals surface area contributed by atoms with Gasteiger partial charge in [0.1, 0.15) is 0 Å². The van der Waals surface area contributed by atoms with Gasteiger partial charge < -0.3 is 0 Å². The maximum Gasteiger partial charge on any atom is 0.241 e. The number of benzene rings is 5. The van der Waals surface area contributed by atoms with Crippen LogP contribution in [0.4, 0.5) is 0 Å². The van der Waals surface area contributed by atoms with Gasteiger partial charge in [0.25, 0.3) is 0 Å². The maximum atomic E-state index is 13.9. The number of nitrogens with one attached hydrogen (secondary N) is 1. The van der Waals surface area contributed by atoms with Gasteiger partial charge in [-0.15, -0.1) is 0 Å². The summed E-state index contributed by atoms with van der Waals surface area (Å²) >= 11 is 9.85. The predicted octanol–water partition coefficient (Wildman–Crippen LogP) is 9.49. The molecule has 1 aliphatic carbocycles. The molecule has 0 spiro atoms. The molecule has 6 heteroatoms. The minimum absolute atomic E-state index is 0.225. The molecule has 0 fully saturated rings. The Labute approximate surface area is 260 Å². The molecule has 1 aliphatic rings. The number of halogens is 2. The third-order valence-corrected chi connectivity index (χ3v) is 9.61. The highest BCUT2D eigenvalue weighted by Gasteiger charge is 2.37. The van der Waals surface area contributed by atoms with E-state index in [1.54, 1.807) is 12.1 Å². The summed E-state index contributed by atoms with van der Waals surface area (Å²) in [5.74, 6) is 0. The SMILES string of the molecule is Cc1ccc(S(=O)(=O)NC2C(/C(=C/c3ccc(Br)cc3)c3ccccc3)=C(c3ccc(Cl)cc3)c3ccccc32)cc1. The van der Waals surface area contributed by atoms with E-state index in [0.29, 0.717) is 5.02 Å². The summed E-state index contributed by atoms with van der Waals surface area (Å²) in [6, 6.07) is 40.2. The van der Waals surface area contributed by atoms with Crippen LogP contribution in [0, 0.1) is 6.92 Å². The maximum absolute atomic E-state index is 13.9. The fraction of sp³-hybridized carbons (Fsp3) is 0.0556. The Morgan fingerprint density at radius 3 is 2.12 bits per heavy atom. The Kier molecular flexibility index (Phi) is 8.02. The average Bonchev–Trinajstić information content (AvgIpc) is 3.31. The van der Waals surface area contributed by atoms with Crippen molar-refractivity contribution in [2.45, 2.75) is 17.9 Å². The van der Waals surface area contributed by atoms with Crippen molar-refractivity contribution in [3.8, 4) is 0 Å². The first kappa shape index (κ1) is 28.4. The Balaban J connectivity index is 1.64. The summed E-state index contributed by atoms with van der Waals surface area (Å²) in [6.07, 6.45) is 2.13. The molecule has 6 rings (SSSR count). The van der Waals surface area contributed by atoms with E-state index in [1.165, 1.54) is 0 Å². The Bertz CT molecular complexity index is 1910. The lowest BCUT2D eigenvalue weighted by molar-refractivity contribution is 0.573. The second-order valence-electron chi connectivity index (χ2n) is 10.2. The standard InChI is InChI=1S/C36H27BrClNO2S/c1-24-11-21-30(22-12-24)42(40,41)39-36-32-10-6-5-9-31(32)34(27-15-19-29(38)20-16-27)35(36)33(26-7-3-2-4-8-26)23-25-13-17-28(37)18-14-25/h2-23,36,39H,1H3/b33-23+. The van der Waals surface area contributed by atoms with Gasteiger partial charge in [-0.05, 0) is 93.9 Å². The van der Waals surface area contributed by atoms with Crippen LogP contribution in [0.3, 0.4) is 0 Å². The summed E-state index contributed by atoms with van der Waals surface area (Å²) in [5.41, 5.74) is 8.57. The highest BCUT2D eigenvalue weighted by molar-refractivity contribution is 9.10. The lowest BCUT2D eigenvalue weighted by atomic mass is 9.88. The normalized spacial score (nSPS) is 15.1. The van der Waals surface area contributed by atoms with Crippen molar-refractivity contribution in [1.82, 2.24) is 4.72 Å². The van der Waals surface area contributed by atoms with Crippen molar-refractivity contribution in [3.05, 3.63) is 176 Å². The zero-order valence-corrected chi connectivity index (χ0v) is 25.9. The molecule has 42 heavy (non-hydrogen) atoms. The van der Waals surface area contributed by atoms with Gasteiger partial charge in [0.15, 0.2) is 0 Å². The van der Waals surface area contributed by atoms with E-state index in [1.807, 2.05) is 104 Å². The minimum Gasteiger partial charge on any atom is -0.207 e. The zero-order valence-electron chi connectivity index (χ0n) is 22.8. The third-order valence-electron chi connectivity index (χ3n) is 7.39. The van der Waals surface area contributed by atoms with E-state index in [4.69, 9.17) is 11.6 Å². The van der Waals surface area contributed by atoms with Crippen LogP contribution in [0.2, 0.25) is 5.02 Å². The molecule has 1 unspecified atom stereocenters. The van der Waals surface area contributed by atoms with E-state index in [-0.39, 0.29) is 4.90 Å². The van der Waals surface area contributed by atoms with E-state index in [0.717, 1.165) is 54.6 Å². The summed E-state index contributed by atoms with van der Waals surface area (Å²) in [6.45, 7) is 1.94. The molecule has 0 aromatic heterocycles. The van der Waals surface area contributed by atoms with Crippen LogP contribution in [-0.4, -0.2) is 8.42 Å². The number of fused-ring (bicyclic) bond motifs is 1.